The number of hydrogen-bond donors (Lipinski definition) is 1. The first-order chi connectivity index (χ1) is 9.47. The van der Waals surface area contributed by atoms with Crippen LogP contribution >= 0.6 is 0 Å². The van der Waals surface area contributed by atoms with Gasteiger partial charge in [0.05, 0.1) is 17.7 Å². The molecule has 0 unspecified atom stereocenters. The molecule has 6 nitrogen and oxygen atoms in total. The van der Waals surface area contributed by atoms with Crippen molar-refractivity contribution in [3.05, 3.63) is 57.3 Å². The Labute approximate surface area is 112 Å². The van der Waals surface area contributed by atoms with Gasteiger partial charge in [0.1, 0.15) is 11.6 Å². The minimum Gasteiger partial charge on any atom is -0.445 e. The van der Waals surface area contributed by atoms with E-state index in [4.69, 9.17) is 4.42 Å². The Hall–Kier alpha value is -2.35. The number of hydrogen-bond acceptors (Lipinski definition) is 5. The van der Waals surface area contributed by atoms with E-state index in [1.54, 1.807) is 13.1 Å². The van der Waals surface area contributed by atoms with Crippen LogP contribution in [-0.2, 0) is 13.1 Å². The van der Waals surface area contributed by atoms with Gasteiger partial charge in [0, 0.05) is 24.2 Å². The monoisotopic (exact) mass is 283 g/mol. The normalized spacial score (nSPS) is 10.8. The predicted molar refractivity (Wildman–Crippen MR) is 64.8 cm³/mol. The quantitative estimate of drug-likeness (QED) is 0.673. The number of rotatable bonds is 5. The fraction of sp³-hybridized carbons (Fsp3) is 0.250. The van der Waals surface area contributed by atoms with Gasteiger partial charge in [0.25, 0.3) is 0 Å². The van der Waals surface area contributed by atoms with Gasteiger partial charge in [0.15, 0.2) is 0 Å². The van der Waals surface area contributed by atoms with Gasteiger partial charge in [-0.2, -0.15) is 4.39 Å². The molecule has 106 valence electrons. The molecule has 0 spiro atoms. The number of oxazole rings is 1. The van der Waals surface area contributed by atoms with Crippen LogP contribution in [-0.4, -0.2) is 9.91 Å². The highest BCUT2D eigenvalue weighted by molar-refractivity contribution is 5.37. The molecule has 2 aromatic rings. The van der Waals surface area contributed by atoms with Crippen molar-refractivity contribution in [1.82, 2.24) is 10.3 Å². The first kappa shape index (κ1) is 14.1. The van der Waals surface area contributed by atoms with Crippen molar-refractivity contribution < 1.29 is 18.1 Å². The molecule has 20 heavy (non-hydrogen) atoms. The van der Waals surface area contributed by atoms with E-state index < -0.39 is 22.2 Å². The van der Waals surface area contributed by atoms with E-state index in [2.05, 4.69) is 10.3 Å². The largest absolute Gasteiger partial charge is 0.445 e. The fourth-order valence-corrected chi connectivity index (χ4v) is 1.64. The average molecular weight is 283 g/mol. The Kier molecular flexibility index (Phi) is 4.04. The Balaban J connectivity index is 2.05. The zero-order valence-corrected chi connectivity index (χ0v) is 10.5. The van der Waals surface area contributed by atoms with Gasteiger partial charge in [-0.15, -0.1) is 0 Å². The van der Waals surface area contributed by atoms with Gasteiger partial charge in [-0.1, -0.05) is 0 Å². The third kappa shape index (κ3) is 3.15. The smallest absolute Gasteiger partial charge is 0.305 e. The van der Waals surface area contributed by atoms with Gasteiger partial charge in [-0.25, -0.2) is 9.37 Å². The molecule has 1 aromatic heterocycles. The molecule has 1 aromatic carbocycles. The van der Waals surface area contributed by atoms with Crippen LogP contribution < -0.4 is 5.32 Å². The molecule has 0 saturated heterocycles. The summed E-state index contributed by atoms with van der Waals surface area (Å²) in [5, 5.41) is 13.4. The van der Waals surface area contributed by atoms with Crippen molar-refractivity contribution in [1.29, 1.82) is 0 Å². The number of nitrogens with zero attached hydrogens (tertiary/aromatic N) is 2. The molecule has 1 heterocycles. The van der Waals surface area contributed by atoms with Crippen LogP contribution in [0.15, 0.2) is 22.7 Å². The van der Waals surface area contributed by atoms with Crippen molar-refractivity contribution in [3.8, 4) is 0 Å². The fourth-order valence-electron chi connectivity index (χ4n) is 1.64. The highest BCUT2D eigenvalue weighted by Gasteiger charge is 2.18. The Morgan fingerprint density at radius 1 is 1.35 bits per heavy atom. The zero-order valence-electron chi connectivity index (χ0n) is 10.5. The van der Waals surface area contributed by atoms with E-state index in [1.807, 2.05) is 0 Å². The summed E-state index contributed by atoms with van der Waals surface area (Å²) in [5.41, 5.74) is -0.753. The average Bonchev–Trinajstić information content (AvgIpc) is 2.77. The van der Waals surface area contributed by atoms with E-state index in [-0.39, 0.29) is 18.7 Å². The minimum atomic E-state index is -1.19. The molecule has 2 rings (SSSR count). The van der Waals surface area contributed by atoms with E-state index in [1.165, 1.54) is 0 Å². The van der Waals surface area contributed by atoms with Gasteiger partial charge >= 0.3 is 5.69 Å². The summed E-state index contributed by atoms with van der Waals surface area (Å²) < 4.78 is 31.8. The molecule has 0 amide bonds. The van der Waals surface area contributed by atoms with Crippen LogP contribution in [0.25, 0.3) is 0 Å². The summed E-state index contributed by atoms with van der Waals surface area (Å²) in [5.74, 6) is -0.978. The summed E-state index contributed by atoms with van der Waals surface area (Å²) in [7, 11) is 0. The lowest BCUT2D eigenvalue weighted by Crippen LogP contribution is -2.14. The number of nitro groups is 1. The van der Waals surface area contributed by atoms with Gasteiger partial charge in [-0.05, 0) is 6.92 Å². The number of aryl methyl sites for hydroxylation is 1. The maximum Gasteiger partial charge on any atom is 0.305 e. The number of nitrogens with one attached hydrogen (secondary N) is 1. The lowest BCUT2D eigenvalue weighted by atomic mass is 10.2. The van der Waals surface area contributed by atoms with Crippen molar-refractivity contribution in [2.45, 2.75) is 20.0 Å². The first-order valence-electron chi connectivity index (χ1n) is 5.71. The molecule has 0 aliphatic rings. The molecule has 1 N–H and O–H groups in total. The summed E-state index contributed by atoms with van der Waals surface area (Å²) in [4.78, 5) is 13.6. The van der Waals surface area contributed by atoms with E-state index in [0.29, 0.717) is 17.7 Å². The second kappa shape index (κ2) is 5.74. The summed E-state index contributed by atoms with van der Waals surface area (Å²) in [6, 6.07) is 1.38. The van der Waals surface area contributed by atoms with Crippen LogP contribution in [0.4, 0.5) is 14.5 Å². The van der Waals surface area contributed by atoms with Gasteiger partial charge < -0.3 is 9.73 Å². The van der Waals surface area contributed by atoms with Crippen LogP contribution in [0.1, 0.15) is 17.2 Å². The molecule has 0 saturated carbocycles. The number of nitro benzene ring substituents is 1. The Bertz CT molecular complexity index is 643. The molecule has 0 fully saturated rings. The number of aromatic nitrogens is 1. The van der Waals surface area contributed by atoms with Crippen molar-refractivity contribution in [2.24, 2.45) is 0 Å². The van der Waals surface area contributed by atoms with Crippen molar-refractivity contribution >= 4 is 5.69 Å². The Morgan fingerprint density at radius 3 is 2.70 bits per heavy atom. The first-order valence-corrected chi connectivity index (χ1v) is 5.71. The highest BCUT2D eigenvalue weighted by atomic mass is 19.1. The van der Waals surface area contributed by atoms with Crippen molar-refractivity contribution in [2.75, 3.05) is 0 Å². The van der Waals surface area contributed by atoms with Crippen LogP contribution in [0.5, 0.6) is 0 Å². The number of benzene rings is 1. The maximum absolute atomic E-state index is 13.5. The second-order valence-corrected chi connectivity index (χ2v) is 4.12. The minimum absolute atomic E-state index is 0.00128. The molecule has 0 aliphatic carbocycles. The van der Waals surface area contributed by atoms with E-state index >= 15 is 0 Å². The lowest BCUT2D eigenvalue weighted by molar-refractivity contribution is -0.387. The van der Waals surface area contributed by atoms with Crippen LogP contribution in [0.2, 0.25) is 0 Å². The van der Waals surface area contributed by atoms with Gasteiger partial charge in [0.2, 0.25) is 11.7 Å². The maximum atomic E-state index is 13.5. The third-order valence-corrected chi connectivity index (χ3v) is 2.57. The van der Waals surface area contributed by atoms with Crippen molar-refractivity contribution in [3.63, 3.8) is 0 Å². The van der Waals surface area contributed by atoms with E-state index in [0.717, 1.165) is 6.07 Å². The molecule has 0 aliphatic heterocycles. The highest BCUT2D eigenvalue weighted by Crippen LogP contribution is 2.21. The van der Waals surface area contributed by atoms with Gasteiger partial charge in [-0.3, -0.25) is 10.1 Å². The summed E-state index contributed by atoms with van der Waals surface area (Å²) >= 11 is 0. The molecular weight excluding hydrogens is 272 g/mol. The molecule has 8 heteroatoms. The van der Waals surface area contributed by atoms with Crippen LogP contribution in [0.3, 0.4) is 0 Å². The number of halogens is 2. The molecule has 0 radical (unpaired) electrons. The second-order valence-electron chi connectivity index (χ2n) is 4.12. The standard InChI is InChI=1S/C12H11F2N3O3/c1-7-4-16-12(20-7)6-15-5-8-2-11(17(18)19)10(14)3-9(8)13/h2-4,15H,5-6H2,1H3. The topological polar surface area (TPSA) is 81.2 Å². The summed E-state index contributed by atoms with van der Waals surface area (Å²) in [6.45, 7) is 1.96. The molecular formula is C12H11F2N3O3. The SMILES string of the molecule is Cc1cnc(CNCc2cc([N+](=O)[O-])c(F)cc2F)o1. The zero-order chi connectivity index (χ0) is 14.7. The lowest BCUT2D eigenvalue weighted by Gasteiger charge is -2.05. The Morgan fingerprint density at radius 2 is 2.10 bits per heavy atom. The molecule has 0 atom stereocenters. The van der Waals surface area contributed by atoms with Crippen LogP contribution in [0, 0.1) is 28.7 Å². The summed E-state index contributed by atoms with van der Waals surface area (Å²) in [6.07, 6.45) is 1.54. The van der Waals surface area contributed by atoms with E-state index in [9.17, 15) is 18.9 Å². The third-order valence-electron chi connectivity index (χ3n) is 2.57. The molecule has 0 bridgehead atoms. The predicted octanol–water partition coefficient (Wildman–Crippen LogP) is 2.46.